The normalized spacial score (nSPS) is 17.7. The number of nitro benzene ring substituents is 2. The first-order chi connectivity index (χ1) is 32.6. The lowest BCUT2D eigenvalue weighted by molar-refractivity contribution is -0.393. The highest BCUT2D eigenvalue weighted by molar-refractivity contribution is 8.00. The van der Waals surface area contributed by atoms with Gasteiger partial charge in [-0.3, -0.25) is 49.0 Å². The highest BCUT2D eigenvalue weighted by Gasteiger charge is 2.42. The third kappa shape index (κ3) is 17.5. The van der Waals surface area contributed by atoms with E-state index in [-0.39, 0.29) is 93.1 Å². The minimum Gasteiger partial charge on any atom is -0.366 e. The largest absolute Gasteiger partial charge is 0.366 e. The first-order valence-corrected chi connectivity index (χ1v) is 24.7. The summed E-state index contributed by atoms with van der Waals surface area (Å²) in [7, 11) is 0. The molecule has 0 radical (unpaired) electrons. The first kappa shape index (κ1) is 54.5. The number of hydroxylamine groups is 2. The van der Waals surface area contributed by atoms with Gasteiger partial charge in [0.05, 0.1) is 28.0 Å². The van der Waals surface area contributed by atoms with Crippen LogP contribution in [0.15, 0.2) is 18.2 Å². The molecule has 3 saturated heterocycles. The Kier molecular flexibility index (Phi) is 22.7. The standard InChI is InChI=1S/C44H66N10O13S/c1-3-50(33-21-20-30(53(63)64)28-34(33)54(65)66)26-13-19-39(58)51(4-2)27-12-18-38(57)47-31(43(61)67-52-40(59)22-23-41(52)60)14-9-11-25-46-36(55)16-6-5-10-24-45-37(56)17-8-7-15-35-42-32(29-68-35)48-44(62)49-42/h20-21,28,31-32,35,42H,3-19,22-27,29H2,1-2H3,(H,45,56)(H,46,55)(H,47,57)(H2,48,49,62)/t31?,32-,35?,42-/m0/s1. The third-order valence-electron chi connectivity index (χ3n) is 12.0. The molecular formula is C44H66N10O13S. The Hall–Kier alpha value is -6.07. The van der Waals surface area contributed by atoms with Crippen molar-refractivity contribution in [3.63, 3.8) is 0 Å². The molecule has 8 amide bonds. The number of carbonyl (C=O) groups excluding carboxylic acids is 8. The molecule has 3 heterocycles. The number of anilines is 1. The maximum atomic E-state index is 13.1. The molecule has 0 aliphatic carbocycles. The summed E-state index contributed by atoms with van der Waals surface area (Å²) in [5.74, 6) is -2.26. The van der Waals surface area contributed by atoms with E-state index in [2.05, 4.69) is 26.6 Å². The molecular weight excluding hydrogens is 909 g/mol. The quantitative estimate of drug-likeness (QED) is 0.0227. The van der Waals surface area contributed by atoms with Crippen LogP contribution in [0.3, 0.4) is 0 Å². The predicted molar refractivity (Wildman–Crippen MR) is 250 cm³/mol. The molecule has 1 aromatic carbocycles. The Morgan fingerprint density at radius 1 is 0.794 bits per heavy atom. The number of rotatable bonds is 32. The number of hydrogen-bond acceptors (Lipinski definition) is 15. The molecule has 3 fully saturated rings. The van der Waals surface area contributed by atoms with Crippen molar-refractivity contribution in [2.75, 3.05) is 49.9 Å². The van der Waals surface area contributed by atoms with E-state index in [1.165, 1.54) is 12.1 Å². The molecule has 23 nitrogen and oxygen atoms in total. The number of hydrogen-bond donors (Lipinski definition) is 5. The Balaban J connectivity index is 1.10. The van der Waals surface area contributed by atoms with Crippen LogP contribution in [0.1, 0.15) is 123 Å². The van der Waals surface area contributed by atoms with Crippen molar-refractivity contribution < 1.29 is 53.0 Å². The van der Waals surface area contributed by atoms with Gasteiger partial charge in [0, 0.05) is 94.9 Å². The van der Waals surface area contributed by atoms with E-state index in [9.17, 15) is 58.6 Å². The summed E-state index contributed by atoms with van der Waals surface area (Å²) >= 11 is 1.86. The van der Waals surface area contributed by atoms with Gasteiger partial charge < -0.3 is 41.2 Å². The molecule has 376 valence electrons. The number of thioether (sulfide) groups is 1. The molecule has 0 spiro atoms. The number of nitrogens with one attached hydrogen (secondary N) is 5. The van der Waals surface area contributed by atoms with E-state index in [1.54, 1.807) is 23.6 Å². The summed E-state index contributed by atoms with van der Waals surface area (Å²) in [6, 6.07) is 2.48. The number of imide groups is 1. The van der Waals surface area contributed by atoms with Crippen LogP contribution in [0.5, 0.6) is 0 Å². The van der Waals surface area contributed by atoms with Crippen molar-refractivity contribution in [2.24, 2.45) is 0 Å². The molecule has 0 aromatic heterocycles. The van der Waals surface area contributed by atoms with Crippen LogP contribution in [0.25, 0.3) is 0 Å². The average Bonchev–Trinajstić information content (AvgIpc) is 3.97. The number of nitrogens with zero attached hydrogens (tertiary/aromatic N) is 5. The summed E-state index contributed by atoms with van der Waals surface area (Å²) in [4.78, 5) is 130. The molecule has 0 saturated carbocycles. The van der Waals surface area contributed by atoms with Crippen LogP contribution in [-0.2, 0) is 38.4 Å². The summed E-state index contributed by atoms with van der Waals surface area (Å²) in [5, 5.41) is 37.9. The summed E-state index contributed by atoms with van der Waals surface area (Å²) in [6.07, 6.45) is 6.91. The van der Waals surface area contributed by atoms with E-state index in [4.69, 9.17) is 4.84 Å². The fourth-order valence-electron chi connectivity index (χ4n) is 8.25. The third-order valence-corrected chi connectivity index (χ3v) is 13.5. The zero-order valence-electron chi connectivity index (χ0n) is 39.0. The zero-order valence-corrected chi connectivity index (χ0v) is 39.8. The Bertz CT molecular complexity index is 1960. The summed E-state index contributed by atoms with van der Waals surface area (Å²) < 4.78 is 0. The minimum absolute atomic E-state index is 0.00427. The maximum Gasteiger partial charge on any atom is 0.355 e. The van der Waals surface area contributed by atoms with Crippen molar-refractivity contribution >= 4 is 76.3 Å². The predicted octanol–water partition coefficient (Wildman–Crippen LogP) is 3.52. The Morgan fingerprint density at radius 2 is 1.44 bits per heavy atom. The van der Waals surface area contributed by atoms with E-state index in [1.807, 2.05) is 11.8 Å². The van der Waals surface area contributed by atoms with Crippen molar-refractivity contribution in [3.05, 3.63) is 38.4 Å². The molecule has 3 aliphatic rings. The van der Waals surface area contributed by atoms with Crippen LogP contribution in [-0.4, -0.2) is 136 Å². The lowest BCUT2D eigenvalue weighted by atomic mass is 10.0. The van der Waals surface area contributed by atoms with Crippen LogP contribution < -0.4 is 31.5 Å². The lowest BCUT2D eigenvalue weighted by Gasteiger charge is -2.24. The van der Waals surface area contributed by atoms with Crippen molar-refractivity contribution in [1.82, 2.24) is 36.5 Å². The van der Waals surface area contributed by atoms with Gasteiger partial charge in [-0.1, -0.05) is 12.8 Å². The summed E-state index contributed by atoms with van der Waals surface area (Å²) in [5.41, 5.74) is -0.607. The van der Waals surface area contributed by atoms with Gasteiger partial charge >= 0.3 is 12.0 Å². The molecule has 68 heavy (non-hydrogen) atoms. The molecule has 5 N–H and O–H groups in total. The number of benzene rings is 1. The number of fused-ring (bicyclic) bond motifs is 1. The molecule has 4 rings (SSSR count). The topological polar surface area (TPSA) is 302 Å². The second-order valence-corrected chi connectivity index (χ2v) is 18.2. The van der Waals surface area contributed by atoms with Gasteiger partial charge in [0.15, 0.2) is 0 Å². The zero-order chi connectivity index (χ0) is 49.6. The van der Waals surface area contributed by atoms with Gasteiger partial charge in [0.1, 0.15) is 11.7 Å². The van der Waals surface area contributed by atoms with E-state index in [0.29, 0.717) is 75.0 Å². The lowest BCUT2D eigenvalue weighted by Crippen LogP contribution is -2.45. The number of non-ortho nitro benzene ring substituents is 1. The fraction of sp³-hybridized carbons (Fsp3) is 0.682. The van der Waals surface area contributed by atoms with Crippen LogP contribution >= 0.6 is 11.8 Å². The molecule has 24 heteroatoms. The van der Waals surface area contributed by atoms with Gasteiger partial charge in [-0.15, -0.1) is 5.06 Å². The number of urea groups is 1. The second kappa shape index (κ2) is 28.3. The van der Waals surface area contributed by atoms with Crippen molar-refractivity contribution in [2.45, 2.75) is 146 Å². The number of unbranched alkanes of at least 4 members (excludes halogenated alkanes) is 4. The maximum absolute atomic E-state index is 13.1. The monoisotopic (exact) mass is 974 g/mol. The molecule has 2 unspecified atom stereocenters. The number of carbonyl (C=O) groups is 8. The van der Waals surface area contributed by atoms with Gasteiger partial charge in [0.2, 0.25) is 23.6 Å². The molecule has 4 atom stereocenters. The van der Waals surface area contributed by atoms with E-state index < -0.39 is 51.0 Å². The van der Waals surface area contributed by atoms with Gasteiger partial charge in [-0.25, -0.2) is 9.59 Å². The summed E-state index contributed by atoms with van der Waals surface area (Å²) in [6.45, 7) is 5.60. The Labute approximate surface area is 399 Å². The second-order valence-electron chi connectivity index (χ2n) is 16.9. The average molecular weight is 975 g/mol. The molecule has 1 aromatic rings. The van der Waals surface area contributed by atoms with Crippen LogP contribution in [0, 0.1) is 20.2 Å². The minimum atomic E-state index is -1.20. The van der Waals surface area contributed by atoms with Crippen molar-refractivity contribution in [1.29, 1.82) is 0 Å². The van der Waals surface area contributed by atoms with Gasteiger partial charge in [-0.2, -0.15) is 11.8 Å². The number of nitro groups is 2. The highest BCUT2D eigenvalue weighted by Crippen LogP contribution is 2.34. The van der Waals surface area contributed by atoms with Crippen LogP contribution in [0.4, 0.5) is 21.9 Å². The fourth-order valence-corrected chi connectivity index (χ4v) is 9.79. The van der Waals surface area contributed by atoms with Crippen LogP contribution in [0.2, 0.25) is 0 Å². The van der Waals surface area contributed by atoms with Crippen molar-refractivity contribution in [3.8, 4) is 0 Å². The van der Waals surface area contributed by atoms with Gasteiger partial charge in [0.25, 0.3) is 23.2 Å². The molecule has 0 bridgehead atoms. The first-order valence-electron chi connectivity index (χ1n) is 23.7. The molecule has 3 aliphatic heterocycles. The van der Waals surface area contributed by atoms with E-state index in [0.717, 1.165) is 43.9 Å². The SMILES string of the molecule is CCN(CCCC(=O)NC(CCCCNC(=O)CCCCCNC(=O)CCCCC1SC[C@@H]2NC(=O)N[C@H]12)C(=O)ON1C(=O)CCC1=O)C(=O)CCCN(CC)c1ccc([N+](=O)[O-])cc1[N+](=O)[O-]. The smallest absolute Gasteiger partial charge is 0.355 e. The van der Waals surface area contributed by atoms with Gasteiger partial charge in [-0.05, 0) is 77.7 Å². The number of amides is 8. The Morgan fingerprint density at radius 3 is 2.09 bits per heavy atom. The highest BCUT2D eigenvalue weighted by atomic mass is 32.2. The van der Waals surface area contributed by atoms with E-state index >= 15 is 0 Å².